The van der Waals surface area contributed by atoms with E-state index in [1.165, 1.54) is 0 Å². The summed E-state index contributed by atoms with van der Waals surface area (Å²) < 4.78 is 5.27. The molecule has 2 aliphatic rings. The SMILES string of the molecule is CC1(C)CNCC1NC(=O)C1CCOCC1. The van der Waals surface area contributed by atoms with Crippen molar-refractivity contribution in [2.24, 2.45) is 11.3 Å². The van der Waals surface area contributed by atoms with Crippen molar-refractivity contribution in [1.29, 1.82) is 0 Å². The summed E-state index contributed by atoms with van der Waals surface area (Å²) in [4.78, 5) is 12.0. The van der Waals surface area contributed by atoms with Crippen LogP contribution in [-0.2, 0) is 9.53 Å². The van der Waals surface area contributed by atoms with Gasteiger partial charge in [0.1, 0.15) is 0 Å². The van der Waals surface area contributed by atoms with Gasteiger partial charge in [-0.1, -0.05) is 13.8 Å². The Hall–Kier alpha value is -0.610. The van der Waals surface area contributed by atoms with E-state index in [9.17, 15) is 4.79 Å². The third kappa shape index (κ3) is 2.55. The lowest BCUT2D eigenvalue weighted by Crippen LogP contribution is -2.47. The first-order chi connectivity index (χ1) is 7.59. The van der Waals surface area contributed by atoms with Gasteiger partial charge in [-0.25, -0.2) is 0 Å². The van der Waals surface area contributed by atoms with Gasteiger partial charge >= 0.3 is 0 Å². The van der Waals surface area contributed by atoms with Gasteiger partial charge in [-0.3, -0.25) is 4.79 Å². The third-order valence-electron chi connectivity index (χ3n) is 3.78. The molecule has 2 N–H and O–H groups in total. The van der Waals surface area contributed by atoms with Gasteiger partial charge in [0.15, 0.2) is 0 Å². The molecule has 2 rings (SSSR count). The molecular weight excluding hydrogens is 204 g/mol. The quantitative estimate of drug-likeness (QED) is 0.722. The second kappa shape index (κ2) is 4.72. The van der Waals surface area contributed by atoms with Gasteiger partial charge in [-0.05, 0) is 18.3 Å². The smallest absolute Gasteiger partial charge is 0.223 e. The first kappa shape index (κ1) is 11.9. The highest BCUT2D eigenvalue weighted by Crippen LogP contribution is 2.24. The van der Waals surface area contributed by atoms with Crippen molar-refractivity contribution < 1.29 is 9.53 Å². The van der Waals surface area contributed by atoms with Crippen LogP contribution in [0.4, 0.5) is 0 Å². The summed E-state index contributed by atoms with van der Waals surface area (Å²) in [6, 6.07) is 0.267. The molecule has 0 bridgehead atoms. The summed E-state index contributed by atoms with van der Waals surface area (Å²) >= 11 is 0. The lowest BCUT2D eigenvalue weighted by atomic mass is 9.87. The maximum atomic E-state index is 12.0. The van der Waals surface area contributed by atoms with Gasteiger partial charge in [0.2, 0.25) is 5.91 Å². The van der Waals surface area contributed by atoms with E-state index in [-0.39, 0.29) is 23.3 Å². The highest BCUT2D eigenvalue weighted by Gasteiger charge is 2.36. The molecule has 16 heavy (non-hydrogen) atoms. The minimum Gasteiger partial charge on any atom is -0.381 e. The fourth-order valence-corrected chi connectivity index (χ4v) is 2.43. The molecule has 1 amide bonds. The molecular formula is C12H22N2O2. The number of carbonyl (C=O) groups excluding carboxylic acids is 1. The average Bonchev–Trinajstić information content (AvgIpc) is 2.59. The Labute approximate surface area is 97.1 Å². The van der Waals surface area contributed by atoms with Crippen LogP contribution in [0.15, 0.2) is 0 Å². The maximum Gasteiger partial charge on any atom is 0.223 e. The van der Waals surface area contributed by atoms with E-state index >= 15 is 0 Å². The number of ether oxygens (including phenoxy) is 1. The Morgan fingerprint density at radius 1 is 1.38 bits per heavy atom. The van der Waals surface area contributed by atoms with Gasteiger partial charge in [0.25, 0.3) is 0 Å². The van der Waals surface area contributed by atoms with Gasteiger partial charge in [0.05, 0.1) is 0 Å². The molecule has 2 fully saturated rings. The second-order valence-corrected chi connectivity index (χ2v) is 5.57. The first-order valence-electron chi connectivity index (χ1n) is 6.18. The highest BCUT2D eigenvalue weighted by atomic mass is 16.5. The summed E-state index contributed by atoms with van der Waals surface area (Å²) in [5.74, 6) is 0.371. The normalized spacial score (nSPS) is 30.2. The zero-order valence-corrected chi connectivity index (χ0v) is 10.2. The Balaban J connectivity index is 1.86. The number of hydrogen-bond acceptors (Lipinski definition) is 3. The van der Waals surface area contributed by atoms with E-state index in [2.05, 4.69) is 24.5 Å². The van der Waals surface area contributed by atoms with Crippen LogP contribution in [0.2, 0.25) is 0 Å². The molecule has 4 nitrogen and oxygen atoms in total. The lowest BCUT2D eigenvalue weighted by molar-refractivity contribution is -0.129. The molecule has 0 radical (unpaired) electrons. The fourth-order valence-electron chi connectivity index (χ4n) is 2.43. The van der Waals surface area contributed by atoms with Crippen molar-refractivity contribution in [3.63, 3.8) is 0 Å². The summed E-state index contributed by atoms with van der Waals surface area (Å²) in [5, 5.41) is 6.51. The largest absolute Gasteiger partial charge is 0.381 e. The molecule has 2 aliphatic heterocycles. The average molecular weight is 226 g/mol. The van der Waals surface area contributed by atoms with E-state index < -0.39 is 0 Å². The van der Waals surface area contributed by atoms with E-state index in [0.717, 1.165) is 39.1 Å². The standard InChI is InChI=1S/C12H22N2O2/c1-12(2)8-13-7-10(12)14-11(15)9-3-5-16-6-4-9/h9-10,13H,3-8H2,1-2H3,(H,14,15). The lowest BCUT2D eigenvalue weighted by Gasteiger charge is -2.29. The summed E-state index contributed by atoms with van der Waals surface area (Å²) in [6.07, 6.45) is 1.73. The van der Waals surface area contributed by atoms with Crippen LogP contribution < -0.4 is 10.6 Å². The molecule has 0 aromatic carbocycles. The van der Waals surface area contributed by atoms with Crippen LogP contribution in [0, 0.1) is 11.3 Å². The van der Waals surface area contributed by atoms with Crippen LogP contribution in [0.1, 0.15) is 26.7 Å². The molecule has 0 spiro atoms. The first-order valence-corrected chi connectivity index (χ1v) is 6.18. The minimum absolute atomic E-state index is 0.158. The molecule has 0 saturated carbocycles. The van der Waals surface area contributed by atoms with Gasteiger partial charge < -0.3 is 15.4 Å². The van der Waals surface area contributed by atoms with Crippen LogP contribution in [-0.4, -0.2) is 38.3 Å². The van der Waals surface area contributed by atoms with Gasteiger partial charge in [-0.15, -0.1) is 0 Å². The summed E-state index contributed by atoms with van der Waals surface area (Å²) in [5.41, 5.74) is 0.167. The molecule has 4 heteroatoms. The van der Waals surface area contributed by atoms with Gasteiger partial charge in [0, 0.05) is 38.3 Å². The molecule has 0 aromatic heterocycles. The van der Waals surface area contributed by atoms with Crippen molar-refractivity contribution in [3.8, 4) is 0 Å². The van der Waals surface area contributed by atoms with Crippen LogP contribution in [0.25, 0.3) is 0 Å². The van der Waals surface area contributed by atoms with E-state index in [0.29, 0.717) is 0 Å². The fraction of sp³-hybridized carbons (Fsp3) is 0.917. The van der Waals surface area contributed by atoms with Crippen LogP contribution in [0.5, 0.6) is 0 Å². The topological polar surface area (TPSA) is 50.4 Å². The van der Waals surface area contributed by atoms with Crippen molar-refractivity contribution >= 4 is 5.91 Å². The summed E-state index contributed by atoms with van der Waals surface area (Å²) in [7, 11) is 0. The number of rotatable bonds is 2. The molecule has 2 saturated heterocycles. The van der Waals surface area contributed by atoms with E-state index in [4.69, 9.17) is 4.74 Å². The number of hydrogen-bond donors (Lipinski definition) is 2. The minimum atomic E-state index is 0.158. The number of nitrogens with one attached hydrogen (secondary N) is 2. The van der Waals surface area contributed by atoms with E-state index in [1.807, 2.05) is 0 Å². The Morgan fingerprint density at radius 3 is 2.62 bits per heavy atom. The van der Waals surface area contributed by atoms with Crippen molar-refractivity contribution in [2.75, 3.05) is 26.3 Å². The predicted octanol–water partition coefficient (Wildman–Crippen LogP) is 0.527. The zero-order valence-electron chi connectivity index (χ0n) is 10.2. The van der Waals surface area contributed by atoms with Crippen molar-refractivity contribution in [1.82, 2.24) is 10.6 Å². The Kier molecular flexibility index (Phi) is 3.50. The Morgan fingerprint density at radius 2 is 2.06 bits per heavy atom. The molecule has 1 atom stereocenters. The molecule has 2 heterocycles. The van der Waals surface area contributed by atoms with Crippen molar-refractivity contribution in [2.45, 2.75) is 32.7 Å². The Bertz CT molecular complexity index is 260. The number of carbonyl (C=O) groups is 1. The number of amides is 1. The van der Waals surface area contributed by atoms with Crippen LogP contribution >= 0.6 is 0 Å². The van der Waals surface area contributed by atoms with Gasteiger partial charge in [-0.2, -0.15) is 0 Å². The zero-order chi connectivity index (χ0) is 11.6. The molecule has 0 aromatic rings. The van der Waals surface area contributed by atoms with Crippen LogP contribution in [0.3, 0.4) is 0 Å². The predicted molar refractivity (Wildman–Crippen MR) is 62.1 cm³/mol. The third-order valence-corrected chi connectivity index (χ3v) is 3.78. The maximum absolute atomic E-state index is 12.0. The molecule has 0 aliphatic carbocycles. The van der Waals surface area contributed by atoms with Crippen molar-refractivity contribution in [3.05, 3.63) is 0 Å². The summed E-state index contributed by atoms with van der Waals surface area (Å²) in [6.45, 7) is 7.71. The monoisotopic (exact) mass is 226 g/mol. The highest BCUT2D eigenvalue weighted by molar-refractivity contribution is 5.79. The second-order valence-electron chi connectivity index (χ2n) is 5.57. The molecule has 92 valence electrons. The molecule has 1 unspecified atom stereocenters. The van der Waals surface area contributed by atoms with E-state index in [1.54, 1.807) is 0 Å².